The summed E-state index contributed by atoms with van der Waals surface area (Å²) in [6.07, 6.45) is 0. The Bertz CT molecular complexity index is 549. The maximum Gasteiger partial charge on any atom is 0.168 e. The summed E-state index contributed by atoms with van der Waals surface area (Å²) >= 11 is 0. The van der Waals surface area contributed by atoms with Gasteiger partial charge in [0.25, 0.3) is 0 Å². The van der Waals surface area contributed by atoms with Crippen LogP contribution in [0.3, 0.4) is 0 Å². The Balaban J connectivity index is 2.38. The van der Waals surface area contributed by atoms with Crippen molar-refractivity contribution in [3.8, 4) is 11.1 Å². The number of rotatable bonds is 2. The van der Waals surface area contributed by atoms with Gasteiger partial charge in [-0.3, -0.25) is 0 Å². The minimum atomic E-state index is -2.50. The minimum Gasteiger partial charge on any atom is -0.399 e. The van der Waals surface area contributed by atoms with Gasteiger partial charge in [-0.25, -0.2) is 8.42 Å². The van der Waals surface area contributed by atoms with Crippen LogP contribution in [0.25, 0.3) is 11.1 Å². The van der Waals surface area contributed by atoms with Crippen LogP contribution in [0, 0.1) is 0 Å². The molecule has 0 fully saturated rings. The van der Waals surface area contributed by atoms with E-state index < -0.39 is 10.7 Å². The van der Waals surface area contributed by atoms with Crippen LogP contribution in [-0.4, -0.2) is 8.42 Å². The molecule has 82 valence electrons. The van der Waals surface area contributed by atoms with Crippen molar-refractivity contribution in [1.82, 2.24) is 0 Å². The predicted octanol–water partition coefficient (Wildman–Crippen LogP) is 1.91. The molecule has 3 nitrogen and oxygen atoms in total. The average molecular weight is 233 g/mol. The van der Waals surface area contributed by atoms with Crippen molar-refractivity contribution in [2.24, 2.45) is 0 Å². The molecule has 0 aliphatic heterocycles. The van der Waals surface area contributed by atoms with E-state index in [9.17, 15) is 8.42 Å². The third-order valence-corrected chi connectivity index (χ3v) is 3.04. The van der Waals surface area contributed by atoms with Gasteiger partial charge in [0.1, 0.15) is 0 Å². The Kier molecular flexibility index (Phi) is 2.92. The van der Waals surface area contributed by atoms with Gasteiger partial charge < -0.3 is 5.73 Å². The van der Waals surface area contributed by atoms with E-state index in [2.05, 4.69) is 0 Å². The number of benzene rings is 2. The SMILES string of the molecule is Nc1ccc(-c2ccc([SH](=O)=O)cc2)cc1. The highest BCUT2D eigenvalue weighted by atomic mass is 32.2. The molecule has 0 atom stereocenters. The van der Waals surface area contributed by atoms with Gasteiger partial charge in [0.2, 0.25) is 0 Å². The summed E-state index contributed by atoms with van der Waals surface area (Å²) < 4.78 is 21.4. The van der Waals surface area contributed by atoms with Gasteiger partial charge in [0.05, 0.1) is 4.90 Å². The van der Waals surface area contributed by atoms with Crippen LogP contribution < -0.4 is 5.73 Å². The second kappa shape index (κ2) is 4.37. The fourth-order valence-electron chi connectivity index (χ4n) is 1.45. The van der Waals surface area contributed by atoms with Crippen LogP contribution in [0.5, 0.6) is 0 Å². The van der Waals surface area contributed by atoms with Gasteiger partial charge in [-0.05, 0) is 35.4 Å². The summed E-state index contributed by atoms with van der Waals surface area (Å²) in [6.45, 7) is 0. The zero-order valence-electron chi connectivity index (χ0n) is 8.46. The topological polar surface area (TPSA) is 60.2 Å². The third-order valence-electron chi connectivity index (χ3n) is 2.32. The Labute approximate surface area is 95.5 Å². The molecule has 0 saturated carbocycles. The van der Waals surface area contributed by atoms with Gasteiger partial charge in [0.15, 0.2) is 10.7 Å². The standard InChI is InChI=1S/C12H11NO2S/c13-11-5-1-9(2-6-11)10-3-7-12(8-4-10)16(14)15/h1-8,16H,13H2. The van der Waals surface area contributed by atoms with E-state index in [1.165, 1.54) is 0 Å². The Morgan fingerprint density at radius 2 is 1.19 bits per heavy atom. The van der Waals surface area contributed by atoms with Gasteiger partial charge in [-0.2, -0.15) is 0 Å². The van der Waals surface area contributed by atoms with E-state index in [1.807, 2.05) is 24.3 Å². The van der Waals surface area contributed by atoms with Crippen molar-refractivity contribution in [2.75, 3.05) is 5.73 Å². The zero-order chi connectivity index (χ0) is 11.5. The van der Waals surface area contributed by atoms with E-state index in [1.54, 1.807) is 24.3 Å². The highest BCUT2D eigenvalue weighted by molar-refractivity contribution is 7.72. The third kappa shape index (κ3) is 2.23. The number of hydrogen-bond acceptors (Lipinski definition) is 3. The van der Waals surface area contributed by atoms with Gasteiger partial charge in [-0.15, -0.1) is 0 Å². The quantitative estimate of drug-likeness (QED) is 0.615. The predicted molar refractivity (Wildman–Crippen MR) is 64.9 cm³/mol. The second-order valence-corrected chi connectivity index (χ2v) is 4.46. The molecule has 0 radical (unpaired) electrons. The largest absolute Gasteiger partial charge is 0.399 e. The Morgan fingerprint density at radius 3 is 1.62 bits per heavy atom. The summed E-state index contributed by atoms with van der Waals surface area (Å²) in [7, 11) is -2.50. The minimum absolute atomic E-state index is 0.328. The molecular formula is C12H11NO2S. The van der Waals surface area contributed by atoms with Crippen LogP contribution in [-0.2, 0) is 10.7 Å². The summed E-state index contributed by atoms with van der Waals surface area (Å²) in [5.41, 5.74) is 8.29. The van der Waals surface area contributed by atoms with Gasteiger partial charge in [0, 0.05) is 5.69 Å². The van der Waals surface area contributed by atoms with Crippen LogP contribution >= 0.6 is 0 Å². The number of anilines is 1. The lowest BCUT2D eigenvalue weighted by Crippen LogP contribution is -1.84. The highest BCUT2D eigenvalue weighted by Crippen LogP contribution is 2.21. The molecule has 2 aromatic rings. The summed E-state index contributed by atoms with van der Waals surface area (Å²) in [6, 6.07) is 14.2. The molecular weight excluding hydrogens is 222 g/mol. The monoisotopic (exact) mass is 233 g/mol. The summed E-state index contributed by atoms with van der Waals surface area (Å²) in [4.78, 5) is 0.328. The molecule has 16 heavy (non-hydrogen) atoms. The molecule has 0 aromatic heterocycles. The van der Waals surface area contributed by atoms with Crippen molar-refractivity contribution < 1.29 is 8.42 Å². The maximum absolute atomic E-state index is 10.7. The van der Waals surface area contributed by atoms with E-state index in [0.29, 0.717) is 10.6 Å². The van der Waals surface area contributed by atoms with Crippen molar-refractivity contribution in [3.63, 3.8) is 0 Å². The number of nitrogens with two attached hydrogens (primary N) is 1. The molecule has 0 saturated heterocycles. The van der Waals surface area contributed by atoms with Crippen molar-refractivity contribution in [3.05, 3.63) is 48.5 Å². The first-order chi connectivity index (χ1) is 7.66. The Hall–Kier alpha value is -1.81. The first-order valence-electron chi connectivity index (χ1n) is 4.77. The second-order valence-electron chi connectivity index (χ2n) is 3.43. The smallest absolute Gasteiger partial charge is 0.168 e. The number of thiol groups is 1. The first-order valence-corrected chi connectivity index (χ1v) is 5.95. The normalized spacial score (nSPS) is 10.6. The molecule has 4 heteroatoms. The van der Waals surface area contributed by atoms with Crippen molar-refractivity contribution >= 4 is 16.4 Å². The molecule has 0 heterocycles. The molecule has 0 aliphatic rings. The van der Waals surface area contributed by atoms with Crippen LogP contribution in [0.2, 0.25) is 0 Å². The number of nitrogen functional groups attached to an aromatic ring is 1. The average Bonchev–Trinajstić information content (AvgIpc) is 2.30. The van der Waals surface area contributed by atoms with Crippen LogP contribution in [0.4, 0.5) is 5.69 Å². The van der Waals surface area contributed by atoms with Crippen LogP contribution in [0.15, 0.2) is 53.4 Å². The molecule has 0 amide bonds. The summed E-state index contributed by atoms with van der Waals surface area (Å²) in [5, 5.41) is 0. The van der Waals surface area contributed by atoms with E-state index in [-0.39, 0.29) is 0 Å². The molecule has 2 N–H and O–H groups in total. The van der Waals surface area contributed by atoms with E-state index in [4.69, 9.17) is 5.73 Å². The highest BCUT2D eigenvalue weighted by Gasteiger charge is 1.98. The van der Waals surface area contributed by atoms with Crippen molar-refractivity contribution in [1.29, 1.82) is 0 Å². The lowest BCUT2D eigenvalue weighted by molar-refractivity contribution is 0.614. The fraction of sp³-hybridized carbons (Fsp3) is 0. The lowest BCUT2D eigenvalue weighted by Gasteiger charge is -2.02. The molecule has 2 rings (SSSR count). The van der Waals surface area contributed by atoms with Gasteiger partial charge >= 0.3 is 0 Å². The van der Waals surface area contributed by atoms with Crippen molar-refractivity contribution in [2.45, 2.75) is 4.90 Å². The lowest BCUT2D eigenvalue weighted by atomic mass is 10.1. The van der Waals surface area contributed by atoms with Gasteiger partial charge in [-0.1, -0.05) is 24.3 Å². The van der Waals surface area contributed by atoms with Crippen LogP contribution in [0.1, 0.15) is 0 Å². The first kappa shape index (κ1) is 10.7. The summed E-state index contributed by atoms with van der Waals surface area (Å²) in [5.74, 6) is 0. The molecule has 0 aliphatic carbocycles. The molecule has 0 bridgehead atoms. The maximum atomic E-state index is 10.7. The Morgan fingerprint density at radius 1 is 0.750 bits per heavy atom. The zero-order valence-corrected chi connectivity index (χ0v) is 9.35. The fourth-order valence-corrected chi connectivity index (χ4v) is 1.84. The van der Waals surface area contributed by atoms with E-state index >= 15 is 0 Å². The number of hydrogen-bond donors (Lipinski definition) is 2. The molecule has 0 unspecified atom stereocenters. The molecule has 2 aromatic carbocycles. The molecule has 0 spiro atoms. The van der Waals surface area contributed by atoms with E-state index in [0.717, 1.165) is 11.1 Å².